The first-order valence-electron chi connectivity index (χ1n) is 24.4. The molecule has 0 spiro atoms. The van der Waals surface area contributed by atoms with Gasteiger partial charge in [-0.25, -0.2) is 9.29 Å². The van der Waals surface area contributed by atoms with E-state index >= 15 is 0 Å². The summed E-state index contributed by atoms with van der Waals surface area (Å²) in [5, 5.41) is 14.3. The van der Waals surface area contributed by atoms with Crippen LogP contribution >= 0.6 is 11.9 Å². The van der Waals surface area contributed by atoms with Crippen LogP contribution in [0.15, 0.2) is 93.3 Å². The molecule has 74 heavy (non-hydrogen) atoms. The fourth-order valence-electron chi connectivity index (χ4n) is 8.32. The van der Waals surface area contributed by atoms with Crippen LogP contribution in [0.25, 0.3) is 22.0 Å². The summed E-state index contributed by atoms with van der Waals surface area (Å²) < 4.78 is 79.7. The van der Waals surface area contributed by atoms with E-state index in [1.54, 1.807) is 60.5 Å². The molecule has 1 fully saturated rings. The number of alkyl halides is 3. The molecule has 1 aliphatic heterocycles. The molecule has 1 amide bonds. The number of benzene rings is 2. The van der Waals surface area contributed by atoms with E-state index < -0.39 is 12.7 Å². The number of pyridine rings is 2. The summed E-state index contributed by atoms with van der Waals surface area (Å²) in [7, 11) is 5.63. The molecule has 7 rings (SSSR count). The fourth-order valence-corrected chi connectivity index (χ4v) is 9.14. The summed E-state index contributed by atoms with van der Waals surface area (Å²) in [4.78, 5) is 32.4. The van der Waals surface area contributed by atoms with Crippen molar-refractivity contribution < 1.29 is 46.2 Å². The lowest BCUT2D eigenvalue weighted by Crippen LogP contribution is -2.36. The Bertz CT molecular complexity index is 2890. The van der Waals surface area contributed by atoms with Gasteiger partial charge in [0, 0.05) is 70.8 Å². The molecule has 0 bridgehead atoms. The van der Waals surface area contributed by atoms with Crippen LogP contribution in [0.2, 0.25) is 0 Å². The molecule has 4 aromatic heterocycles. The Morgan fingerprint density at radius 2 is 1.73 bits per heavy atom. The number of piperidine rings is 1. The van der Waals surface area contributed by atoms with Gasteiger partial charge in [0.25, 0.3) is 11.5 Å². The number of amides is 1. The van der Waals surface area contributed by atoms with Crippen LogP contribution in [0.1, 0.15) is 35.6 Å². The number of fused-ring (bicyclic) bond motifs is 1. The van der Waals surface area contributed by atoms with Gasteiger partial charge in [0.15, 0.2) is 6.61 Å². The van der Waals surface area contributed by atoms with Gasteiger partial charge in [-0.2, -0.15) is 13.2 Å². The highest BCUT2D eigenvalue weighted by Crippen LogP contribution is 2.33. The summed E-state index contributed by atoms with van der Waals surface area (Å²) in [6, 6.07) is 19.9. The molecule has 0 radical (unpaired) electrons. The molecular formula is C53H64F3N9O8S. The number of hydrogen-bond acceptors (Lipinski definition) is 15. The van der Waals surface area contributed by atoms with Crippen LogP contribution in [0.4, 0.5) is 24.5 Å². The number of nitrogens with zero attached hydrogens (tertiary/aromatic N) is 6. The van der Waals surface area contributed by atoms with Gasteiger partial charge in [0.1, 0.15) is 18.1 Å². The first-order chi connectivity index (χ1) is 35.7. The van der Waals surface area contributed by atoms with Crippen LogP contribution in [-0.4, -0.2) is 147 Å². The highest BCUT2D eigenvalue weighted by atomic mass is 32.2. The first kappa shape index (κ1) is 55.2. The SMILES string of the molecule is COc1cc(SN(C)CCOCCOCCOCCNC(=O)COc2cc(Cn3cc(-c4c(C)noc4C)ccc3=O)ccn2)ccc1NCC#Cc1cc2c(NC3CCN(C)CC3)cccc2n1CC(F)(F)F. The molecule has 1 aliphatic rings. The van der Waals surface area contributed by atoms with Gasteiger partial charge in [-0.05, 0) is 126 Å². The minimum atomic E-state index is -4.41. The first-order valence-corrected chi connectivity index (χ1v) is 25.2. The normalized spacial score (nSPS) is 13.3. The maximum absolute atomic E-state index is 13.8. The molecule has 3 N–H and O–H groups in total. The number of carbonyl (C=O) groups is 1. The minimum Gasteiger partial charge on any atom is -0.495 e. The van der Waals surface area contributed by atoms with E-state index in [9.17, 15) is 22.8 Å². The minimum absolute atomic E-state index is 0.169. The van der Waals surface area contributed by atoms with E-state index in [0.717, 1.165) is 64.3 Å². The van der Waals surface area contributed by atoms with Gasteiger partial charge >= 0.3 is 6.18 Å². The second-order valence-electron chi connectivity index (χ2n) is 17.7. The summed E-state index contributed by atoms with van der Waals surface area (Å²) >= 11 is 1.53. The number of aromatic nitrogens is 4. The Labute approximate surface area is 433 Å². The van der Waals surface area contributed by atoms with E-state index in [1.807, 2.05) is 49.5 Å². The molecule has 21 heteroatoms. The zero-order chi connectivity index (χ0) is 52.5. The van der Waals surface area contributed by atoms with Crippen molar-refractivity contribution in [3.05, 3.63) is 112 Å². The standard InChI is InChI=1S/C53H64F3N9O8S/c1-37-52(38(2)73-61-37)40-11-14-51(67)64(34-40)33-39-15-19-59-50(30-39)72-35-49(66)58-20-24-69-26-28-71-29-27-70-25-23-63(4)74-43-12-13-46(48(32-43)68-5)57-18-7-8-42-31-44-45(60-41-16-21-62(3)22-17-41)9-6-10-47(44)65(42)36-53(54,55)56/h6,9-15,19,30-32,34,41,57,60H,16-18,20-29,33,35-36H2,1-5H3,(H,58,66). The van der Waals surface area contributed by atoms with Gasteiger partial charge in [0.05, 0.1) is 82.4 Å². The summed E-state index contributed by atoms with van der Waals surface area (Å²) in [5.74, 6) is 7.22. The van der Waals surface area contributed by atoms with Crippen molar-refractivity contribution in [3.63, 3.8) is 0 Å². The van der Waals surface area contributed by atoms with Gasteiger partial charge in [-0.3, -0.25) is 9.59 Å². The molecule has 17 nitrogen and oxygen atoms in total. The number of carbonyl (C=O) groups excluding carboxylic acids is 1. The molecule has 0 aliphatic carbocycles. The van der Waals surface area contributed by atoms with Crippen molar-refractivity contribution in [2.45, 2.75) is 56.9 Å². The second kappa shape index (κ2) is 27.1. The predicted molar refractivity (Wildman–Crippen MR) is 279 cm³/mol. The average Bonchev–Trinajstić information content (AvgIpc) is 3.90. The van der Waals surface area contributed by atoms with Crippen LogP contribution in [0.5, 0.6) is 11.6 Å². The molecule has 0 atom stereocenters. The zero-order valence-electron chi connectivity index (χ0n) is 42.4. The van der Waals surface area contributed by atoms with Crippen LogP contribution < -0.4 is 31.0 Å². The number of likely N-dealkylation sites (N-methyl/N-ethyl adjacent to an activating group) is 1. The number of anilines is 2. The Morgan fingerprint density at radius 3 is 2.47 bits per heavy atom. The Hall–Kier alpha value is -6.54. The molecule has 2 aromatic carbocycles. The Kier molecular flexibility index (Phi) is 20.2. The highest BCUT2D eigenvalue weighted by molar-refractivity contribution is 7.97. The molecule has 396 valence electrons. The fraction of sp³-hybridized carbons (Fsp3) is 0.434. The lowest BCUT2D eigenvalue weighted by molar-refractivity contribution is -0.140. The van der Waals surface area contributed by atoms with Crippen molar-refractivity contribution >= 4 is 40.1 Å². The highest BCUT2D eigenvalue weighted by Gasteiger charge is 2.30. The van der Waals surface area contributed by atoms with Gasteiger partial charge < -0.3 is 58.2 Å². The average molecular weight is 1040 g/mol. The van der Waals surface area contributed by atoms with Crippen molar-refractivity contribution in [2.24, 2.45) is 0 Å². The van der Waals surface area contributed by atoms with Crippen molar-refractivity contribution in [2.75, 3.05) is 111 Å². The zero-order valence-corrected chi connectivity index (χ0v) is 43.2. The third-order valence-corrected chi connectivity index (χ3v) is 13.0. The van der Waals surface area contributed by atoms with Crippen LogP contribution in [0, 0.1) is 25.7 Å². The third kappa shape index (κ3) is 16.5. The molecule has 0 unspecified atom stereocenters. The molecule has 5 heterocycles. The second-order valence-corrected chi connectivity index (χ2v) is 19.0. The smallest absolute Gasteiger partial charge is 0.406 e. The van der Waals surface area contributed by atoms with E-state index in [-0.39, 0.29) is 43.1 Å². The summed E-state index contributed by atoms with van der Waals surface area (Å²) in [5.41, 5.74) is 5.33. The molecule has 6 aromatic rings. The Balaban J connectivity index is 0.737. The van der Waals surface area contributed by atoms with Crippen LogP contribution in [-0.2, 0) is 32.1 Å². The number of methoxy groups -OCH3 is 1. The van der Waals surface area contributed by atoms with E-state index in [0.29, 0.717) is 81.1 Å². The number of ether oxygens (including phenoxy) is 5. The van der Waals surface area contributed by atoms with Gasteiger partial charge in [0.2, 0.25) is 5.88 Å². The van der Waals surface area contributed by atoms with Crippen LogP contribution in [0.3, 0.4) is 0 Å². The van der Waals surface area contributed by atoms with Crippen molar-refractivity contribution in [3.8, 4) is 34.6 Å². The van der Waals surface area contributed by atoms with E-state index in [2.05, 4.69) is 49.9 Å². The lowest BCUT2D eigenvalue weighted by Gasteiger charge is -2.30. The van der Waals surface area contributed by atoms with Crippen molar-refractivity contribution in [1.82, 2.24) is 33.8 Å². The number of rotatable bonds is 26. The summed E-state index contributed by atoms with van der Waals surface area (Å²) in [6.07, 6.45) is 0.845. The molecule has 1 saturated heterocycles. The third-order valence-electron chi connectivity index (χ3n) is 12.1. The topological polar surface area (TPSA) is 172 Å². The number of aryl methyl sites for hydroxylation is 2. The number of halogens is 3. The predicted octanol–water partition coefficient (Wildman–Crippen LogP) is 7.24. The molecular weight excluding hydrogens is 980 g/mol. The van der Waals surface area contributed by atoms with Gasteiger partial charge in [-0.1, -0.05) is 17.1 Å². The van der Waals surface area contributed by atoms with Gasteiger partial charge in [-0.15, -0.1) is 0 Å². The maximum atomic E-state index is 13.8. The number of likely N-dealkylation sites (tertiary alicyclic amines) is 1. The summed E-state index contributed by atoms with van der Waals surface area (Å²) in [6.45, 7) is 7.99. The van der Waals surface area contributed by atoms with Crippen molar-refractivity contribution in [1.29, 1.82) is 0 Å². The van der Waals surface area contributed by atoms with E-state index in [1.165, 1.54) is 22.6 Å². The maximum Gasteiger partial charge on any atom is 0.406 e. The van der Waals surface area contributed by atoms with E-state index in [4.69, 9.17) is 28.2 Å². The molecule has 0 saturated carbocycles. The number of hydrogen-bond donors (Lipinski definition) is 3. The quantitative estimate of drug-likeness (QED) is 0.0282. The monoisotopic (exact) mass is 1040 g/mol. The largest absolute Gasteiger partial charge is 0.495 e. The number of nitrogens with one attached hydrogen (secondary N) is 3. The Morgan fingerprint density at radius 1 is 0.959 bits per heavy atom. The lowest BCUT2D eigenvalue weighted by atomic mass is 10.0.